The number of carbonyl (C=O) groups is 1. The number of hydrogen-bond acceptors (Lipinski definition) is 5. The van der Waals surface area contributed by atoms with Gasteiger partial charge in [-0.15, -0.1) is 11.3 Å². The predicted octanol–water partition coefficient (Wildman–Crippen LogP) is 4.17. The summed E-state index contributed by atoms with van der Waals surface area (Å²) in [7, 11) is 0. The van der Waals surface area contributed by atoms with E-state index in [-0.39, 0.29) is 11.7 Å². The number of aromatic nitrogens is 1. The fraction of sp³-hybridized carbons (Fsp3) is 0.238. The second kappa shape index (κ2) is 7.04. The van der Waals surface area contributed by atoms with Crippen LogP contribution in [0.1, 0.15) is 26.5 Å². The Balaban J connectivity index is 1.70. The molecule has 0 saturated heterocycles. The molecule has 0 spiro atoms. The van der Waals surface area contributed by atoms with Crippen molar-refractivity contribution in [3.63, 3.8) is 0 Å². The third kappa shape index (κ3) is 3.40. The Morgan fingerprint density at radius 2 is 2.11 bits per heavy atom. The molecule has 0 aliphatic carbocycles. The molecule has 0 fully saturated rings. The molecular weight excluding hydrogens is 360 g/mol. The normalized spacial score (nSPS) is 13.6. The highest BCUT2D eigenvalue weighted by atomic mass is 32.1. The number of phenols is 1. The van der Waals surface area contributed by atoms with Gasteiger partial charge in [-0.05, 0) is 55.3 Å². The number of aryl methyl sites for hydroxylation is 2. The van der Waals surface area contributed by atoms with E-state index in [4.69, 9.17) is 4.74 Å². The maximum absolute atomic E-state index is 13.0. The van der Waals surface area contributed by atoms with Crippen molar-refractivity contribution in [2.24, 2.45) is 0 Å². The number of carbonyl (C=O) groups excluding carboxylic acids is 1. The number of aromatic hydroxyl groups is 1. The number of rotatable bonds is 2. The van der Waals surface area contributed by atoms with Crippen LogP contribution in [0.15, 0.2) is 42.6 Å². The summed E-state index contributed by atoms with van der Waals surface area (Å²) in [6, 6.07) is 11.5. The number of phenolic OH excluding ortho intramolecular Hbond substituents is 1. The van der Waals surface area contributed by atoms with Crippen LogP contribution in [0.25, 0.3) is 10.4 Å². The van der Waals surface area contributed by atoms with Gasteiger partial charge in [0, 0.05) is 28.1 Å². The molecule has 5 nitrogen and oxygen atoms in total. The minimum atomic E-state index is -0.124. The average Bonchev–Trinajstić information content (AvgIpc) is 2.96. The Bertz CT molecular complexity index is 1010. The lowest BCUT2D eigenvalue weighted by Gasteiger charge is -2.20. The molecule has 6 heteroatoms. The molecule has 0 radical (unpaired) electrons. The summed E-state index contributed by atoms with van der Waals surface area (Å²) in [4.78, 5) is 21.2. The van der Waals surface area contributed by atoms with E-state index >= 15 is 0 Å². The Kier molecular flexibility index (Phi) is 4.58. The Labute approximate surface area is 161 Å². The lowest BCUT2D eigenvalue weighted by molar-refractivity contribution is 0.0726. The first-order valence-corrected chi connectivity index (χ1v) is 9.61. The van der Waals surface area contributed by atoms with Gasteiger partial charge < -0.3 is 14.7 Å². The topological polar surface area (TPSA) is 62.7 Å². The predicted molar refractivity (Wildman–Crippen MR) is 105 cm³/mol. The minimum absolute atomic E-state index is 0.108. The van der Waals surface area contributed by atoms with Gasteiger partial charge in [-0.2, -0.15) is 0 Å². The molecule has 0 unspecified atom stereocenters. The second-order valence-electron chi connectivity index (χ2n) is 6.64. The number of pyridine rings is 1. The van der Waals surface area contributed by atoms with Crippen LogP contribution in [0, 0.1) is 13.8 Å². The van der Waals surface area contributed by atoms with Crippen LogP contribution < -0.4 is 4.74 Å². The van der Waals surface area contributed by atoms with Crippen LogP contribution >= 0.6 is 11.3 Å². The van der Waals surface area contributed by atoms with Crippen LogP contribution in [0.5, 0.6) is 11.5 Å². The molecule has 0 bridgehead atoms. The van der Waals surface area contributed by atoms with Crippen molar-refractivity contribution >= 4 is 17.2 Å². The Morgan fingerprint density at radius 3 is 2.85 bits per heavy atom. The van der Waals surface area contributed by atoms with Gasteiger partial charge in [0.1, 0.15) is 12.3 Å². The second-order valence-corrected chi connectivity index (χ2v) is 7.93. The summed E-state index contributed by atoms with van der Waals surface area (Å²) in [6.45, 7) is 5.07. The van der Waals surface area contributed by atoms with Crippen LogP contribution in [0.4, 0.5) is 0 Å². The van der Waals surface area contributed by atoms with Crippen molar-refractivity contribution in [3.8, 4) is 21.9 Å². The van der Waals surface area contributed by atoms with Crippen LogP contribution in [-0.2, 0) is 6.54 Å². The fourth-order valence-corrected chi connectivity index (χ4v) is 4.12. The molecule has 1 N–H and O–H groups in total. The summed E-state index contributed by atoms with van der Waals surface area (Å²) < 4.78 is 5.76. The zero-order valence-corrected chi connectivity index (χ0v) is 16.0. The lowest BCUT2D eigenvalue weighted by Crippen LogP contribution is -2.33. The van der Waals surface area contributed by atoms with Crippen molar-refractivity contribution in [2.75, 3.05) is 13.2 Å². The van der Waals surface area contributed by atoms with Gasteiger partial charge in [-0.25, -0.2) is 0 Å². The smallest absolute Gasteiger partial charge is 0.273 e. The van der Waals surface area contributed by atoms with E-state index in [1.165, 1.54) is 4.88 Å². The van der Waals surface area contributed by atoms with E-state index in [1.54, 1.807) is 28.5 Å². The standard InChI is InChI=1S/C21H20N2O3S/c1-13-4-3-7-22-19(13)21(25)23-8-9-26-20-16(12-23)10-15(11-17(20)24)18-6-5-14(2)27-18/h3-7,10-11,24H,8-9,12H2,1-2H3. The van der Waals surface area contributed by atoms with Crippen molar-refractivity contribution in [3.05, 3.63) is 64.3 Å². The van der Waals surface area contributed by atoms with Gasteiger partial charge in [0.15, 0.2) is 11.5 Å². The van der Waals surface area contributed by atoms with E-state index < -0.39 is 0 Å². The van der Waals surface area contributed by atoms with E-state index in [9.17, 15) is 9.90 Å². The molecule has 4 rings (SSSR count). The van der Waals surface area contributed by atoms with E-state index in [0.29, 0.717) is 31.1 Å². The van der Waals surface area contributed by atoms with Gasteiger partial charge in [-0.1, -0.05) is 6.07 Å². The van der Waals surface area contributed by atoms with Crippen molar-refractivity contribution in [2.45, 2.75) is 20.4 Å². The Morgan fingerprint density at radius 1 is 1.26 bits per heavy atom. The van der Waals surface area contributed by atoms with Crippen LogP contribution in [-0.4, -0.2) is 34.0 Å². The van der Waals surface area contributed by atoms with Gasteiger partial charge in [0.25, 0.3) is 5.91 Å². The average molecular weight is 380 g/mol. The molecule has 2 aromatic heterocycles. The summed E-state index contributed by atoms with van der Waals surface area (Å²) in [5.41, 5.74) is 3.03. The number of amides is 1. The highest BCUT2D eigenvalue weighted by Crippen LogP contribution is 2.39. The molecular formula is C21H20N2O3S. The molecule has 3 heterocycles. The van der Waals surface area contributed by atoms with Gasteiger partial charge in [0.2, 0.25) is 0 Å². The third-order valence-corrected chi connectivity index (χ3v) is 5.69. The highest BCUT2D eigenvalue weighted by molar-refractivity contribution is 7.15. The monoisotopic (exact) mass is 380 g/mol. The number of benzene rings is 1. The zero-order valence-electron chi connectivity index (χ0n) is 15.2. The first-order chi connectivity index (χ1) is 13.0. The summed E-state index contributed by atoms with van der Waals surface area (Å²) in [6.07, 6.45) is 1.63. The molecule has 138 valence electrons. The molecule has 27 heavy (non-hydrogen) atoms. The van der Waals surface area contributed by atoms with Crippen LogP contribution in [0.3, 0.4) is 0 Å². The number of thiophene rings is 1. The van der Waals surface area contributed by atoms with Crippen molar-refractivity contribution in [1.82, 2.24) is 9.88 Å². The van der Waals surface area contributed by atoms with Crippen molar-refractivity contribution in [1.29, 1.82) is 0 Å². The van der Waals surface area contributed by atoms with Gasteiger partial charge in [0.05, 0.1) is 6.54 Å². The maximum atomic E-state index is 13.0. The van der Waals surface area contributed by atoms with E-state index in [1.807, 2.05) is 31.2 Å². The quantitative estimate of drug-likeness (QED) is 0.725. The summed E-state index contributed by atoms with van der Waals surface area (Å²) >= 11 is 1.67. The number of fused-ring (bicyclic) bond motifs is 1. The summed E-state index contributed by atoms with van der Waals surface area (Å²) in [5.74, 6) is 0.443. The number of nitrogens with zero attached hydrogens (tertiary/aromatic N) is 2. The third-order valence-electron chi connectivity index (χ3n) is 4.64. The molecule has 1 aromatic carbocycles. The number of hydrogen-bond donors (Lipinski definition) is 1. The summed E-state index contributed by atoms with van der Waals surface area (Å²) in [5, 5.41) is 10.5. The highest BCUT2D eigenvalue weighted by Gasteiger charge is 2.25. The van der Waals surface area contributed by atoms with E-state index in [2.05, 4.69) is 18.0 Å². The van der Waals surface area contributed by atoms with E-state index in [0.717, 1.165) is 21.6 Å². The van der Waals surface area contributed by atoms with Crippen LogP contribution in [0.2, 0.25) is 0 Å². The Hall–Kier alpha value is -2.86. The molecule has 1 aliphatic heterocycles. The first-order valence-electron chi connectivity index (χ1n) is 8.79. The molecule has 1 aliphatic rings. The molecule has 0 saturated carbocycles. The zero-order chi connectivity index (χ0) is 19.0. The first kappa shape index (κ1) is 17.5. The lowest BCUT2D eigenvalue weighted by atomic mass is 10.1. The largest absolute Gasteiger partial charge is 0.504 e. The molecule has 1 amide bonds. The van der Waals surface area contributed by atoms with Gasteiger partial charge >= 0.3 is 0 Å². The van der Waals surface area contributed by atoms with Crippen molar-refractivity contribution < 1.29 is 14.6 Å². The number of ether oxygens (including phenoxy) is 1. The molecule has 3 aromatic rings. The fourth-order valence-electron chi connectivity index (χ4n) is 3.26. The minimum Gasteiger partial charge on any atom is -0.504 e. The molecule has 0 atom stereocenters. The SMILES string of the molecule is Cc1ccc(-c2cc(O)c3c(c2)CN(C(=O)c2ncccc2C)CCO3)s1. The van der Waals surface area contributed by atoms with Gasteiger partial charge in [-0.3, -0.25) is 9.78 Å². The maximum Gasteiger partial charge on any atom is 0.273 e.